The first-order valence-corrected chi connectivity index (χ1v) is 11.8. The van der Waals surface area contributed by atoms with Crippen molar-refractivity contribution in [2.24, 2.45) is 0 Å². The smallest absolute Gasteiger partial charge is 0.432 e. The van der Waals surface area contributed by atoms with E-state index >= 15 is 0 Å². The van der Waals surface area contributed by atoms with Gasteiger partial charge in [-0.2, -0.15) is 13.2 Å². The third-order valence-corrected chi connectivity index (χ3v) is 6.06. The predicted molar refractivity (Wildman–Crippen MR) is 130 cm³/mol. The van der Waals surface area contributed by atoms with Crippen LogP contribution >= 0.6 is 0 Å². The summed E-state index contributed by atoms with van der Waals surface area (Å²) in [5.41, 5.74) is -1.00. The van der Waals surface area contributed by atoms with Crippen molar-refractivity contribution < 1.29 is 42.1 Å². The van der Waals surface area contributed by atoms with Crippen molar-refractivity contribution in [1.82, 2.24) is 10.3 Å². The predicted octanol–water partition coefficient (Wildman–Crippen LogP) is 3.35. The van der Waals surface area contributed by atoms with Crippen LogP contribution in [-0.2, 0) is 25.2 Å². The molecule has 38 heavy (non-hydrogen) atoms. The Morgan fingerprint density at radius 3 is 2.58 bits per heavy atom. The summed E-state index contributed by atoms with van der Waals surface area (Å²) in [6, 6.07) is 10.8. The molecule has 12 heteroatoms. The highest BCUT2D eigenvalue weighted by Gasteiger charge is 2.35. The quantitative estimate of drug-likeness (QED) is 0.284. The van der Waals surface area contributed by atoms with Gasteiger partial charge in [0.25, 0.3) is 5.56 Å². The second-order valence-electron chi connectivity index (χ2n) is 8.64. The molecule has 4 rings (SSSR count). The number of hydrogen-bond acceptors (Lipinski definition) is 7. The van der Waals surface area contributed by atoms with Crippen molar-refractivity contribution >= 4 is 22.8 Å². The van der Waals surface area contributed by atoms with Crippen molar-refractivity contribution in [2.45, 2.75) is 24.6 Å². The van der Waals surface area contributed by atoms with E-state index < -0.39 is 35.4 Å². The molecule has 3 N–H and O–H groups in total. The van der Waals surface area contributed by atoms with E-state index in [1.165, 1.54) is 24.3 Å². The molecule has 0 saturated carbocycles. The Labute approximate surface area is 214 Å². The summed E-state index contributed by atoms with van der Waals surface area (Å²) < 4.78 is 55.2. The number of pyridine rings is 1. The largest absolute Gasteiger partial charge is 0.508 e. The van der Waals surface area contributed by atoms with Gasteiger partial charge in [-0.3, -0.25) is 9.59 Å². The van der Waals surface area contributed by atoms with Gasteiger partial charge in [-0.05, 0) is 35.6 Å². The van der Waals surface area contributed by atoms with E-state index in [9.17, 15) is 27.6 Å². The maximum absolute atomic E-state index is 13.5. The van der Waals surface area contributed by atoms with Gasteiger partial charge in [0.05, 0.1) is 37.3 Å². The number of fused-ring (bicyclic) bond motifs is 1. The van der Waals surface area contributed by atoms with Crippen LogP contribution < -0.4 is 10.9 Å². The number of hydrogen-bond donors (Lipinski definition) is 3. The number of aromatic nitrogens is 1. The van der Waals surface area contributed by atoms with E-state index in [-0.39, 0.29) is 55.6 Å². The van der Waals surface area contributed by atoms with Crippen molar-refractivity contribution in [2.75, 3.05) is 33.0 Å². The van der Waals surface area contributed by atoms with Gasteiger partial charge in [0, 0.05) is 16.6 Å². The van der Waals surface area contributed by atoms with Crippen molar-refractivity contribution in [3.05, 3.63) is 70.0 Å². The van der Waals surface area contributed by atoms with Gasteiger partial charge >= 0.3 is 12.3 Å². The summed E-state index contributed by atoms with van der Waals surface area (Å²) in [5.74, 6) is -0.920. The van der Waals surface area contributed by atoms with Crippen LogP contribution in [0.4, 0.5) is 18.0 Å². The number of ether oxygens (including phenoxy) is 3. The van der Waals surface area contributed by atoms with E-state index in [0.29, 0.717) is 17.4 Å². The first-order chi connectivity index (χ1) is 18.2. The number of aromatic amines is 1. The van der Waals surface area contributed by atoms with E-state index in [2.05, 4.69) is 10.3 Å². The van der Waals surface area contributed by atoms with Gasteiger partial charge in [-0.25, -0.2) is 4.79 Å². The standard InChI is InChI=1S/C26H25F3N2O7/c27-26(28,29)21-4-2-1-3-18(21)22-12-16-6-5-15(11-19(16)24(34)31-22)20-13-17(30-23(20)33)14-38-25(35)37-10-9-36-8-7-32/h1-6,11-12,17,20,32H,7-10,13-14H2,(H,30,33)(H,31,34)/t17?,20-/m0/s1. The lowest BCUT2D eigenvalue weighted by Crippen LogP contribution is -2.31. The number of amides is 1. The molecule has 0 aliphatic carbocycles. The van der Waals surface area contributed by atoms with Gasteiger partial charge in [0.1, 0.15) is 13.2 Å². The van der Waals surface area contributed by atoms with Gasteiger partial charge in [0.15, 0.2) is 0 Å². The highest BCUT2D eigenvalue weighted by atomic mass is 19.4. The molecule has 1 aliphatic rings. The van der Waals surface area contributed by atoms with Gasteiger partial charge in [-0.15, -0.1) is 0 Å². The first kappa shape index (κ1) is 27.1. The molecule has 202 valence electrons. The van der Waals surface area contributed by atoms with Crippen LogP contribution in [0.2, 0.25) is 0 Å². The maximum Gasteiger partial charge on any atom is 0.508 e. The second-order valence-corrected chi connectivity index (χ2v) is 8.64. The molecule has 1 amide bonds. The summed E-state index contributed by atoms with van der Waals surface area (Å²) >= 11 is 0. The Morgan fingerprint density at radius 2 is 1.82 bits per heavy atom. The van der Waals surface area contributed by atoms with Crippen LogP contribution in [0.3, 0.4) is 0 Å². The zero-order chi connectivity index (χ0) is 27.3. The van der Waals surface area contributed by atoms with E-state index in [0.717, 1.165) is 6.07 Å². The van der Waals surface area contributed by atoms with Gasteiger partial charge < -0.3 is 29.6 Å². The average molecular weight is 534 g/mol. The second kappa shape index (κ2) is 11.7. The average Bonchev–Trinajstić information content (AvgIpc) is 3.27. The van der Waals surface area contributed by atoms with Crippen LogP contribution in [-0.4, -0.2) is 61.2 Å². The maximum atomic E-state index is 13.5. The van der Waals surface area contributed by atoms with Crippen LogP contribution in [0.25, 0.3) is 22.0 Å². The molecule has 1 unspecified atom stereocenters. The number of carbonyl (C=O) groups excluding carboxylic acids is 2. The molecular weight excluding hydrogens is 509 g/mol. The number of H-pyrrole nitrogens is 1. The summed E-state index contributed by atoms with van der Waals surface area (Å²) in [6.07, 6.45) is -5.21. The lowest BCUT2D eigenvalue weighted by molar-refractivity contribution is -0.137. The lowest BCUT2D eigenvalue weighted by Gasteiger charge is -2.14. The summed E-state index contributed by atoms with van der Waals surface area (Å²) in [5, 5.41) is 12.0. The Balaban J connectivity index is 1.45. The molecule has 2 atom stereocenters. The number of aliphatic hydroxyl groups is 1. The zero-order valence-electron chi connectivity index (χ0n) is 20.0. The molecule has 0 bridgehead atoms. The Bertz CT molecular complexity index is 1370. The minimum atomic E-state index is -4.59. The minimum absolute atomic E-state index is 0.0332. The highest BCUT2D eigenvalue weighted by Crippen LogP contribution is 2.37. The summed E-state index contributed by atoms with van der Waals surface area (Å²) in [6.45, 7) is -0.0739. The van der Waals surface area contributed by atoms with Gasteiger partial charge in [-0.1, -0.05) is 30.3 Å². The van der Waals surface area contributed by atoms with Crippen LogP contribution in [0.1, 0.15) is 23.5 Å². The molecular formula is C26H25F3N2O7. The van der Waals surface area contributed by atoms with E-state index in [1.807, 2.05) is 0 Å². The topological polar surface area (TPSA) is 127 Å². The molecule has 1 aliphatic heterocycles. The Morgan fingerprint density at radius 1 is 1.03 bits per heavy atom. The third kappa shape index (κ3) is 6.32. The fourth-order valence-electron chi connectivity index (χ4n) is 4.31. The normalized spacial score (nSPS) is 17.4. The number of aliphatic hydroxyl groups excluding tert-OH is 1. The molecule has 1 fully saturated rings. The van der Waals surface area contributed by atoms with Gasteiger partial charge in [0.2, 0.25) is 5.91 Å². The van der Waals surface area contributed by atoms with Crippen molar-refractivity contribution in [3.63, 3.8) is 0 Å². The molecule has 2 aromatic carbocycles. The lowest BCUT2D eigenvalue weighted by atomic mass is 9.93. The fraction of sp³-hybridized carbons (Fsp3) is 0.346. The molecule has 9 nitrogen and oxygen atoms in total. The van der Waals surface area contributed by atoms with E-state index in [1.54, 1.807) is 18.2 Å². The Kier molecular flexibility index (Phi) is 8.32. The van der Waals surface area contributed by atoms with E-state index in [4.69, 9.17) is 19.3 Å². The molecule has 3 aromatic rings. The molecule has 1 saturated heterocycles. The fourth-order valence-corrected chi connectivity index (χ4v) is 4.31. The number of halogens is 3. The number of carbonyl (C=O) groups is 2. The molecule has 0 radical (unpaired) electrons. The highest BCUT2D eigenvalue weighted by molar-refractivity contribution is 5.90. The Hall–Kier alpha value is -3.90. The number of benzene rings is 2. The molecule has 0 spiro atoms. The third-order valence-electron chi connectivity index (χ3n) is 6.06. The monoisotopic (exact) mass is 534 g/mol. The van der Waals surface area contributed by atoms with Crippen LogP contribution in [0, 0.1) is 0 Å². The summed E-state index contributed by atoms with van der Waals surface area (Å²) in [7, 11) is 0. The van der Waals surface area contributed by atoms with Crippen molar-refractivity contribution in [1.29, 1.82) is 0 Å². The number of alkyl halides is 3. The molecule has 1 aromatic heterocycles. The van der Waals surface area contributed by atoms with Crippen LogP contribution in [0.5, 0.6) is 0 Å². The number of rotatable bonds is 9. The SMILES string of the molecule is O=C(OCCOCCO)OCC1C[C@@H](c2ccc3cc(-c4ccccc4C(F)(F)F)[nH]c(=O)c3c2)C(=O)N1. The zero-order valence-corrected chi connectivity index (χ0v) is 20.0. The van der Waals surface area contributed by atoms with Crippen molar-refractivity contribution in [3.8, 4) is 11.3 Å². The van der Waals surface area contributed by atoms with Crippen LogP contribution in [0.15, 0.2) is 53.3 Å². The first-order valence-electron chi connectivity index (χ1n) is 11.8. The summed E-state index contributed by atoms with van der Waals surface area (Å²) in [4.78, 5) is 39.6. The number of nitrogens with one attached hydrogen (secondary N) is 2. The molecule has 2 heterocycles. The minimum Gasteiger partial charge on any atom is -0.432 e.